The van der Waals surface area contributed by atoms with E-state index in [2.05, 4.69) is 11.0 Å². The summed E-state index contributed by atoms with van der Waals surface area (Å²) < 4.78 is 31.9. The molecule has 128 valence electrons. The fourth-order valence-corrected chi connectivity index (χ4v) is 4.70. The Labute approximate surface area is 151 Å². The van der Waals surface area contributed by atoms with Gasteiger partial charge in [0.2, 0.25) is 0 Å². The fraction of sp³-hybridized carbons (Fsp3) is 0.294. The average molecular weight is 386 g/mol. The van der Waals surface area contributed by atoms with Crippen molar-refractivity contribution in [3.05, 3.63) is 52.0 Å². The summed E-state index contributed by atoms with van der Waals surface area (Å²) in [6.07, 6.45) is 2.48. The van der Waals surface area contributed by atoms with E-state index >= 15 is 0 Å². The van der Waals surface area contributed by atoms with Crippen LogP contribution in [0, 0.1) is 0 Å². The first-order chi connectivity index (χ1) is 11.3. The third kappa shape index (κ3) is 3.92. The minimum Gasteiger partial charge on any atom is -0.299 e. The standard InChI is InChI=1S/C17H17Cl2NO3S/c18-15-9-14(10-16(19)17(15)24(21,22)23)13-5-3-4-12(8-13)11-20-6-1-2-7-20/h3-5,8-10H,1-2,6-7,11H2,(H,21,22,23). The third-order valence-corrected chi connectivity index (χ3v) is 5.90. The highest BCUT2D eigenvalue weighted by atomic mass is 35.5. The molecule has 1 fully saturated rings. The van der Waals surface area contributed by atoms with Crippen LogP contribution < -0.4 is 0 Å². The molecule has 1 heterocycles. The van der Waals surface area contributed by atoms with E-state index in [1.165, 1.54) is 30.5 Å². The summed E-state index contributed by atoms with van der Waals surface area (Å²) in [6, 6.07) is 11.0. The Bertz CT molecular complexity index is 839. The SMILES string of the molecule is O=S(=O)(O)c1c(Cl)cc(-c2cccc(CN3CCCC3)c2)cc1Cl. The van der Waals surface area contributed by atoms with Gasteiger partial charge >= 0.3 is 0 Å². The van der Waals surface area contributed by atoms with E-state index in [4.69, 9.17) is 23.2 Å². The van der Waals surface area contributed by atoms with E-state index in [0.717, 1.165) is 25.2 Å². The Morgan fingerprint density at radius 1 is 1.00 bits per heavy atom. The predicted molar refractivity (Wildman–Crippen MR) is 96.2 cm³/mol. The lowest BCUT2D eigenvalue weighted by Gasteiger charge is -2.15. The maximum atomic E-state index is 11.4. The van der Waals surface area contributed by atoms with Crippen molar-refractivity contribution >= 4 is 33.3 Å². The van der Waals surface area contributed by atoms with Gasteiger partial charge in [0.1, 0.15) is 4.90 Å². The zero-order valence-corrected chi connectivity index (χ0v) is 15.2. The Kier molecular flexibility index (Phi) is 5.18. The summed E-state index contributed by atoms with van der Waals surface area (Å²) in [4.78, 5) is 1.95. The van der Waals surface area contributed by atoms with E-state index in [9.17, 15) is 13.0 Å². The summed E-state index contributed by atoms with van der Waals surface area (Å²) in [5, 5.41) is -0.185. The van der Waals surface area contributed by atoms with Gasteiger partial charge in [0.05, 0.1) is 10.0 Å². The maximum Gasteiger partial charge on any atom is 0.297 e. The minimum absolute atomic E-state index is 0.0926. The number of hydrogen-bond acceptors (Lipinski definition) is 3. The van der Waals surface area contributed by atoms with E-state index in [-0.39, 0.29) is 10.0 Å². The summed E-state index contributed by atoms with van der Waals surface area (Å²) in [5.41, 5.74) is 2.79. The molecule has 0 amide bonds. The Balaban J connectivity index is 1.94. The highest BCUT2D eigenvalue weighted by Crippen LogP contribution is 2.35. The summed E-state index contributed by atoms with van der Waals surface area (Å²) >= 11 is 12.0. The molecule has 1 aliphatic rings. The van der Waals surface area contributed by atoms with E-state index in [1.54, 1.807) is 0 Å². The first-order valence-corrected chi connectivity index (χ1v) is 9.82. The van der Waals surface area contributed by atoms with Crippen molar-refractivity contribution < 1.29 is 13.0 Å². The van der Waals surface area contributed by atoms with Gasteiger partial charge in [-0.2, -0.15) is 8.42 Å². The molecule has 1 aliphatic heterocycles. The molecule has 2 aromatic rings. The summed E-state index contributed by atoms with van der Waals surface area (Å²) in [7, 11) is -4.46. The maximum absolute atomic E-state index is 11.4. The molecule has 0 unspecified atom stereocenters. The van der Waals surface area contributed by atoms with E-state index in [1.807, 2.05) is 18.2 Å². The Morgan fingerprint density at radius 2 is 1.62 bits per heavy atom. The van der Waals surface area contributed by atoms with Crippen molar-refractivity contribution in [3.63, 3.8) is 0 Å². The molecule has 0 bridgehead atoms. The highest BCUT2D eigenvalue weighted by molar-refractivity contribution is 7.86. The monoisotopic (exact) mass is 385 g/mol. The topological polar surface area (TPSA) is 57.6 Å². The number of nitrogens with zero attached hydrogens (tertiary/aromatic N) is 1. The van der Waals surface area contributed by atoms with Crippen molar-refractivity contribution in [2.45, 2.75) is 24.3 Å². The Morgan fingerprint density at radius 3 is 2.21 bits per heavy atom. The molecule has 0 atom stereocenters. The van der Waals surface area contributed by atoms with Gasteiger partial charge in [-0.1, -0.05) is 41.4 Å². The second-order valence-corrected chi connectivity index (χ2v) is 8.10. The van der Waals surface area contributed by atoms with Crippen molar-refractivity contribution in [1.82, 2.24) is 4.90 Å². The predicted octanol–water partition coefficient (Wildman–Crippen LogP) is 4.50. The lowest BCUT2D eigenvalue weighted by Crippen LogP contribution is -2.18. The lowest BCUT2D eigenvalue weighted by molar-refractivity contribution is 0.331. The third-order valence-electron chi connectivity index (χ3n) is 4.12. The quantitative estimate of drug-likeness (QED) is 0.786. The van der Waals surface area contributed by atoms with Gasteiger partial charge in [-0.05, 0) is 60.8 Å². The van der Waals surface area contributed by atoms with Crippen LogP contribution in [0.4, 0.5) is 0 Å². The van der Waals surface area contributed by atoms with Crippen LogP contribution >= 0.6 is 23.2 Å². The fourth-order valence-electron chi connectivity index (χ4n) is 3.02. The number of rotatable bonds is 4. The molecule has 0 saturated carbocycles. The minimum atomic E-state index is -4.46. The molecule has 1 N–H and O–H groups in total. The molecular weight excluding hydrogens is 369 g/mol. The first kappa shape index (κ1) is 17.7. The zero-order valence-electron chi connectivity index (χ0n) is 12.9. The molecule has 2 aromatic carbocycles. The van der Waals surface area contributed by atoms with Gasteiger partial charge in [-0.15, -0.1) is 0 Å². The van der Waals surface area contributed by atoms with Gasteiger partial charge in [0.15, 0.2) is 0 Å². The zero-order chi connectivity index (χ0) is 17.3. The van der Waals surface area contributed by atoms with Gasteiger partial charge in [-0.25, -0.2) is 0 Å². The van der Waals surface area contributed by atoms with Gasteiger partial charge in [0, 0.05) is 6.54 Å². The number of halogens is 2. The molecule has 0 spiro atoms. The average Bonchev–Trinajstić information content (AvgIpc) is 2.98. The molecule has 0 aromatic heterocycles. The van der Waals surface area contributed by atoms with Gasteiger partial charge in [-0.3, -0.25) is 9.45 Å². The molecule has 24 heavy (non-hydrogen) atoms. The number of likely N-dealkylation sites (tertiary alicyclic amines) is 1. The van der Waals surface area contributed by atoms with E-state index in [0.29, 0.717) is 5.56 Å². The van der Waals surface area contributed by atoms with Crippen LogP contribution in [0.15, 0.2) is 41.3 Å². The molecule has 1 saturated heterocycles. The number of benzene rings is 2. The van der Waals surface area contributed by atoms with Crippen molar-refractivity contribution in [1.29, 1.82) is 0 Å². The van der Waals surface area contributed by atoms with Crippen molar-refractivity contribution in [2.24, 2.45) is 0 Å². The van der Waals surface area contributed by atoms with Gasteiger partial charge < -0.3 is 0 Å². The molecule has 4 nitrogen and oxygen atoms in total. The van der Waals surface area contributed by atoms with Crippen LogP contribution in [0.5, 0.6) is 0 Å². The molecule has 7 heteroatoms. The summed E-state index contributed by atoms with van der Waals surface area (Å²) in [5.74, 6) is 0. The summed E-state index contributed by atoms with van der Waals surface area (Å²) in [6.45, 7) is 3.12. The van der Waals surface area contributed by atoms with Crippen LogP contribution in [0.3, 0.4) is 0 Å². The Hall–Kier alpha value is -1.11. The molecule has 0 radical (unpaired) electrons. The second kappa shape index (κ2) is 7.02. The van der Waals surface area contributed by atoms with Crippen molar-refractivity contribution in [2.75, 3.05) is 13.1 Å². The first-order valence-electron chi connectivity index (χ1n) is 7.63. The van der Waals surface area contributed by atoms with Gasteiger partial charge in [0.25, 0.3) is 10.1 Å². The van der Waals surface area contributed by atoms with E-state index < -0.39 is 15.0 Å². The smallest absolute Gasteiger partial charge is 0.297 e. The van der Waals surface area contributed by atoms with Crippen LogP contribution in [-0.2, 0) is 16.7 Å². The van der Waals surface area contributed by atoms with Crippen molar-refractivity contribution in [3.8, 4) is 11.1 Å². The normalized spacial score (nSPS) is 15.8. The second-order valence-electron chi connectivity index (χ2n) is 5.93. The lowest BCUT2D eigenvalue weighted by atomic mass is 10.0. The largest absolute Gasteiger partial charge is 0.299 e. The van der Waals surface area contributed by atoms with Crippen LogP contribution in [0.2, 0.25) is 10.0 Å². The van der Waals surface area contributed by atoms with Crippen LogP contribution in [0.1, 0.15) is 18.4 Å². The molecular formula is C17H17Cl2NO3S. The molecule has 3 rings (SSSR count). The van der Waals surface area contributed by atoms with Crippen LogP contribution in [0.25, 0.3) is 11.1 Å². The number of hydrogen-bond donors (Lipinski definition) is 1. The van der Waals surface area contributed by atoms with Crippen LogP contribution in [-0.4, -0.2) is 31.0 Å². The molecule has 0 aliphatic carbocycles. The highest BCUT2D eigenvalue weighted by Gasteiger charge is 2.20.